The second-order valence-corrected chi connectivity index (χ2v) is 15.8. The number of amides is 2. The van der Waals surface area contributed by atoms with Gasteiger partial charge in [0.1, 0.15) is 17.4 Å². The molecule has 2 aromatic carbocycles. The van der Waals surface area contributed by atoms with Gasteiger partial charge in [0.2, 0.25) is 5.91 Å². The van der Waals surface area contributed by atoms with Gasteiger partial charge in [0, 0.05) is 30.1 Å². The van der Waals surface area contributed by atoms with Crippen molar-refractivity contribution in [3.63, 3.8) is 0 Å². The molecule has 13 heteroatoms. The van der Waals surface area contributed by atoms with Crippen molar-refractivity contribution in [3.8, 4) is 5.75 Å². The topological polar surface area (TPSA) is 142 Å². The van der Waals surface area contributed by atoms with E-state index in [2.05, 4.69) is 41.3 Å². The number of aromatic amines is 1. The van der Waals surface area contributed by atoms with Gasteiger partial charge in [0.05, 0.1) is 11.6 Å². The summed E-state index contributed by atoms with van der Waals surface area (Å²) in [5, 5.41) is 7.03. The van der Waals surface area contributed by atoms with Crippen molar-refractivity contribution >= 4 is 42.3 Å². The molecule has 0 radical (unpaired) electrons. The molecule has 4 N–H and O–H groups in total. The number of para-hydroxylation sites is 2. The van der Waals surface area contributed by atoms with Crippen molar-refractivity contribution in [2.24, 2.45) is 0 Å². The lowest BCUT2D eigenvalue weighted by molar-refractivity contribution is -0.123. The molecule has 53 heavy (non-hydrogen) atoms. The van der Waals surface area contributed by atoms with E-state index in [1.165, 1.54) is 25.7 Å². The first-order valence-corrected chi connectivity index (χ1v) is 21.1. The number of hydrogen-bond donors (Lipinski definition) is 4. The summed E-state index contributed by atoms with van der Waals surface area (Å²) in [6.45, 7) is 16.2. The number of benzene rings is 2. The highest BCUT2D eigenvalue weighted by Crippen LogP contribution is 2.45. The van der Waals surface area contributed by atoms with Gasteiger partial charge in [0.25, 0.3) is 0 Å². The van der Waals surface area contributed by atoms with Crippen LogP contribution in [0.25, 0.3) is 10.9 Å². The van der Waals surface area contributed by atoms with E-state index in [1.54, 1.807) is 39.0 Å². The highest BCUT2D eigenvalue weighted by Gasteiger charge is 2.26. The number of rotatable bonds is 23. The fourth-order valence-electron chi connectivity index (χ4n) is 5.68. The molecule has 2 amide bonds. The minimum Gasteiger partial charge on any atom is -0.444 e. The molecule has 0 fully saturated rings. The molecule has 11 nitrogen and oxygen atoms in total. The number of H-pyrrole nitrogens is 1. The Hall–Kier alpha value is -3.08. The molecule has 0 saturated carbocycles. The van der Waals surface area contributed by atoms with Gasteiger partial charge < -0.3 is 29.8 Å². The van der Waals surface area contributed by atoms with Gasteiger partial charge >= 0.3 is 13.9 Å². The quantitative estimate of drug-likeness (QED) is 0.0551. The largest absolute Gasteiger partial charge is 0.527 e. The number of aromatic nitrogens is 1. The first-order chi connectivity index (χ1) is 25.3. The Bertz CT molecular complexity index is 1520. The summed E-state index contributed by atoms with van der Waals surface area (Å²) in [5.74, 6) is -0.102. The smallest absolute Gasteiger partial charge is 0.444 e. The minimum atomic E-state index is -4.20. The predicted octanol–water partition coefficient (Wildman–Crippen LogP) is 9.82. The molecular formula is C40H64ClN4O7P. The van der Waals surface area contributed by atoms with Gasteiger partial charge in [0.15, 0.2) is 0 Å². The van der Waals surface area contributed by atoms with Crippen LogP contribution < -0.4 is 15.2 Å². The first-order valence-electron chi connectivity index (χ1n) is 19.2. The van der Waals surface area contributed by atoms with E-state index in [1.807, 2.05) is 30.5 Å². The highest BCUT2D eigenvalue weighted by atomic mass is 35.5. The third kappa shape index (κ3) is 19.7. The first kappa shape index (κ1) is 46.1. The molecule has 0 saturated heterocycles. The van der Waals surface area contributed by atoms with Crippen molar-refractivity contribution in [3.05, 3.63) is 65.3 Å². The van der Waals surface area contributed by atoms with Crippen LogP contribution in [0.3, 0.4) is 0 Å². The molecule has 0 aliphatic heterocycles. The number of phosphoric ester groups is 1. The van der Waals surface area contributed by atoms with Crippen molar-refractivity contribution in [2.75, 3.05) is 32.8 Å². The Morgan fingerprint density at radius 2 is 1.43 bits per heavy atom. The number of phosphoric acid groups is 1. The summed E-state index contributed by atoms with van der Waals surface area (Å²) in [7, 11) is -4.20. The third-order valence-corrected chi connectivity index (χ3v) is 9.87. The fourth-order valence-corrected chi connectivity index (χ4v) is 6.72. The lowest BCUT2D eigenvalue weighted by atomic mass is 10.0. The maximum Gasteiger partial charge on any atom is 0.527 e. The van der Waals surface area contributed by atoms with Crippen LogP contribution in [0, 0.1) is 0 Å². The summed E-state index contributed by atoms with van der Waals surface area (Å²) in [4.78, 5) is 41.1. The van der Waals surface area contributed by atoms with Gasteiger partial charge in [-0.2, -0.15) is 0 Å². The molecule has 3 aromatic rings. The van der Waals surface area contributed by atoms with E-state index in [-0.39, 0.29) is 23.3 Å². The predicted molar refractivity (Wildman–Crippen MR) is 216 cm³/mol. The Morgan fingerprint density at radius 3 is 2.02 bits per heavy atom. The fraction of sp³-hybridized carbons (Fsp3) is 0.600. The maximum atomic E-state index is 13.1. The number of halogens is 1. The number of ether oxygens (including phenoxy) is 1. The van der Waals surface area contributed by atoms with E-state index in [4.69, 9.17) is 25.4 Å². The summed E-state index contributed by atoms with van der Waals surface area (Å²) in [6.07, 6.45) is 11.7. The molecule has 298 valence electrons. The number of hydrogen-bond acceptors (Lipinski definition) is 7. The zero-order valence-electron chi connectivity index (χ0n) is 32.8. The molecule has 2 atom stereocenters. The zero-order valence-corrected chi connectivity index (χ0v) is 34.4. The van der Waals surface area contributed by atoms with Crippen LogP contribution in [0.1, 0.15) is 111 Å². The Balaban J connectivity index is 0.00000126. The van der Waals surface area contributed by atoms with Crippen LogP contribution in [-0.2, 0) is 25.0 Å². The van der Waals surface area contributed by atoms with Gasteiger partial charge in [-0.1, -0.05) is 114 Å². The maximum absolute atomic E-state index is 13.1. The molecule has 1 aromatic heterocycles. The third-order valence-electron chi connectivity index (χ3n) is 8.62. The second kappa shape index (κ2) is 25.1. The number of fused-ring (bicyclic) bond motifs is 1. The molecule has 0 aliphatic carbocycles. The van der Waals surface area contributed by atoms with E-state index < -0.39 is 25.6 Å². The Morgan fingerprint density at radius 1 is 0.868 bits per heavy atom. The standard InChI is InChI=1S/C34H49ClN3O7P.C6H15N/c1-34(2,3)44-33(40)38-30(24-26-25-37-29-20-14-12-18-27(26)29)32(39)36-22-16-10-8-6-4-5-7-9-11-17-23-43-46(41,42)45-31-21-15-13-19-28(31)35;1-4-7(5-2)6-3/h12-15,18-21,25,30,37H,4-11,16-17,22-24H2,1-3H3,(H,36,39)(H,38,40)(H,41,42);4-6H2,1-3H3/t30-;/m0./s1. The average Bonchev–Trinajstić information content (AvgIpc) is 3.51. The number of alkyl carbamates (subject to hydrolysis) is 1. The molecule has 0 bridgehead atoms. The Kier molecular flexibility index (Phi) is 21.8. The van der Waals surface area contributed by atoms with Gasteiger partial charge in [-0.25, -0.2) is 9.36 Å². The Labute approximate surface area is 322 Å². The molecule has 0 spiro atoms. The summed E-state index contributed by atoms with van der Waals surface area (Å²) >= 11 is 5.96. The molecule has 0 aliphatic rings. The molecule has 1 heterocycles. The highest BCUT2D eigenvalue weighted by molar-refractivity contribution is 7.47. The van der Waals surface area contributed by atoms with Crippen LogP contribution in [0.15, 0.2) is 54.7 Å². The van der Waals surface area contributed by atoms with E-state index in [0.717, 1.165) is 74.3 Å². The molecule has 3 rings (SSSR count). The summed E-state index contributed by atoms with van der Waals surface area (Å²) in [5.41, 5.74) is 1.27. The van der Waals surface area contributed by atoms with E-state index in [9.17, 15) is 19.0 Å². The zero-order chi connectivity index (χ0) is 39.1. The van der Waals surface area contributed by atoms with Gasteiger partial charge in [-0.05, 0) is 77.0 Å². The van der Waals surface area contributed by atoms with E-state index in [0.29, 0.717) is 19.4 Å². The lowest BCUT2D eigenvalue weighted by Crippen LogP contribution is -2.49. The number of unbranched alkanes of at least 4 members (excludes halogenated alkanes) is 9. The minimum absolute atomic E-state index is 0.123. The van der Waals surface area contributed by atoms with Crippen LogP contribution in [0.5, 0.6) is 5.75 Å². The number of carbonyl (C=O) groups excluding carboxylic acids is 2. The monoisotopic (exact) mass is 778 g/mol. The van der Waals surface area contributed by atoms with Crippen LogP contribution in [0.2, 0.25) is 5.02 Å². The summed E-state index contributed by atoms with van der Waals surface area (Å²) < 4.78 is 27.6. The van der Waals surface area contributed by atoms with Crippen molar-refractivity contribution < 1.29 is 32.8 Å². The second-order valence-electron chi connectivity index (χ2n) is 14.0. The van der Waals surface area contributed by atoms with Crippen LogP contribution in [0.4, 0.5) is 4.79 Å². The van der Waals surface area contributed by atoms with Crippen molar-refractivity contribution in [1.82, 2.24) is 20.5 Å². The SMILES string of the molecule is CC(C)(C)OC(=O)N[C@@H](Cc1c[nH]c2ccccc12)C(=O)NCCCCCCCCCCCCOP(=O)(O)Oc1ccccc1Cl.CCN(CC)CC. The lowest BCUT2D eigenvalue weighted by Gasteiger charge is -2.23. The normalized spacial score (nSPS) is 13.2. The number of carbonyl (C=O) groups is 2. The van der Waals surface area contributed by atoms with Crippen LogP contribution >= 0.6 is 19.4 Å². The van der Waals surface area contributed by atoms with Crippen molar-refractivity contribution in [2.45, 2.75) is 124 Å². The molecule has 1 unspecified atom stereocenters. The average molecular weight is 779 g/mol. The van der Waals surface area contributed by atoms with Gasteiger partial charge in [-0.15, -0.1) is 0 Å². The van der Waals surface area contributed by atoms with Gasteiger partial charge in [-0.3, -0.25) is 14.2 Å². The van der Waals surface area contributed by atoms with E-state index >= 15 is 0 Å². The van der Waals surface area contributed by atoms with Crippen LogP contribution in [-0.4, -0.2) is 71.2 Å². The number of nitrogens with zero attached hydrogens (tertiary/aromatic N) is 1. The van der Waals surface area contributed by atoms with Crippen molar-refractivity contribution in [1.29, 1.82) is 0 Å². The number of nitrogens with one attached hydrogen (secondary N) is 3. The molecular weight excluding hydrogens is 715 g/mol. The summed E-state index contributed by atoms with van der Waals surface area (Å²) in [6, 6.07) is 13.6.